The van der Waals surface area contributed by atoms with Crippen LogP contribution in [-0.4, -0.2) is 47.6 Å². The van der Waals surface area contributed by atoms with E-state index in [0.29, 0.717) is 6.04 Å². The summed E-state index contributed by atoms with van der Waals surface area (Å²) in [7, 11) is 4.40. The number of hydrogen-bond acceptors (Lipinski definition) is 5. The Balaban J connectivity index is 1.72. The van der Waals surface area contributed by atoms with Gasteiger partial charge in [0.1, 0.15) is 17.0 Å². The lowest BCUT2D eigenvalue weighted by atomic mass is 9.89. The van der Waals surface area contributed by atoms with Crippen LogP contribution in [0.25, 0.3) is 20.3 Å². The molecule has 132 valence electrons. The zero-order valence-electron chi connectivity index (χ0n) is 15.3. The zero-order valence-corrected chi connectivity index (χ0v) is 16.1. The summed E-state index contributed by atoms with van der Waals surface area (Å²) in [4.78, 5) is 15.3. The Labute approximate surface area is 153 Å². The highest BCUT2D eigenvalue weighted by Gasteiger charge is 2.28. The van der Waals surface area contributed by atoms with Crippen LogP contribution in [0.2, 0.25) is 0 Å². The molecule has 0 saturated heterocycles. The van der Waals surface area contributed by atoms with Crippen LogP contribution in [0.5, 0.6) is 0 Å². The van der Waals surface area contributed by atoms with Crippen LogP contribution in [0.1, 0.15) is 32.6 Å². The fraction of sp³-hybridized carbons (Fsp3) is 0.500. The number of aromatic nitrogens is 2. The average Bonchev–Trinajstić information content (AvgIpc) is 3.02. The molecule has 0 amide bonds. The van der Waals surface area contributed by atoms with Gasteiger partial charge in [-0.25, -0.2) is 9.97 Å². The molecule has 25 heavy (non-hydrogen) atoms. The SMILES string of the molecule is CCN(c1ncnc2sc3ccccc3c12)C1CCC(N(C)C)CC1. The van der Waals surface area contributed by atoms with Gasteiger partial charge < -0.3 is 9.80 Å². The number of benzene rings is 1. The average molecular weight is 355 g/mol. The van der Waals surface area contributed by atoms with Gasteiger partial charge in [0.2, 0.25) is 0 Å². The van der Waals surface area contributed by atoms with Crippen molar-refractivity contribution in [2.45, 2.75) is 44.7 Å². The van der Waals surface area contributed by atoms with Crippen LogP contribution in [-0.2, 0) is 0 Å². The maximum Gasteiger partial charge on any atom is 0.141 e. The van der Waals surface area contributed by atoms with E-state index >= 15 is 0 Å². The molecular weight excluding hydrogens is 328 g/mol. The third-order valence-electron chi connectivity index (χ3n) is 5.61. The smallest absolute Gasteiger partial charge is 0.141 e. The van der Waals surface area contributed by atoms with Gasteiger partial charge in [-0.2, -0.15) is 0 Å². The maximum atomic E-state index is 4.74. The van der Waals surface area contributed by atoms with Gasteiger partial charge in [-0.1, -0.05) is 18.2 Å². The standard InChI is InChI=1S/C20H26N4S/c1-4-24(15-11-9-14(10-12-15)23(2)3)19-18-16-7-5-6-8-17(16)25-20(18)22-13-21-19/h5-8,13-15H,4,9-12H2,1-3H3. The van der Waals surface area contributed by atoms with Gasteiger partial charge in [0.25, 0.3) is 0 Å². The Morgan fingerprint density at radius 2 is 1.76 bits per heavy atom. The van der Waals surface area contributed by atoms with E-state index in [0.717, 1.165) is 23.2 Å². The minimum atomic E-state index is 0.581. The summed E-state index contributed by atoms with van der Waals surface area (Å²) >= 11 is 1.77. The summed E-state index contributed by atoms with van der Waals surface area (Å²) in [6, 6.07) is 9.91. The van der Waals surface area contributed by atoms with E-state index in [2.05, 4.69) is 60.1 Å². The molecule has 0 radical (unpaired) electrons. The van der Waals surface area contributed by atoms with Gasteiger partial charge >= 0.3 is 0 Å². The van der Waals surface area contributed by atoms with E-state index in [1.54, 1.807) is 17.7 Å². The Bertz CT molecular complexity index is 864. The van der Waals surface area contributed by atoms with Gasteiger partial charge in [0.15, 0.2) is 0 Å². The van der Waals surface area contributed by atoms with Crippen LogP contribution in [0.4, 0.5) is 5.82 Å². The third kappa shape index (κ3) is 3.00. The molecule has 2 heterocycles. The predicted molar refractivity (Wildman–Crippen MR) is 108 cm³/mol. The maximum absolute atomic E-state index is 4.74. The molecule has 0 atom stereocenters. The summed E-state index contributed by atoms with van der Waals surface area (Å²) in [5.74, 6) is 1.12. The quantitative estimate of drug-likeness (QED) is 0.688. The molecule has 0 N–H and O–H groups in total. The fourth-order valence-corrected chi connectivity index (χ4v) is 5.26. The lowest BCUT2D eigenvalue weighted by Gasteiger charge is -2.39. The van der Waals surface area contributed by atoms with Crippen molar-refractivity contribution in [3.05, 3.63) is 30.6 Å². The van der Waals surface area contributed by atoms with Crippen molar-refractivity contribution in [2.24, 2.45) is 0 Å². The number of anilines is 1. The van der Waals surface area contributed by atoms with Crippen molar-refractivity contribution in [1.29, 1.82) is 0 Å². The fourth-order valence-electron chi connectivity index (χ4n) is 4.23. The van der Waals surface area contributed by atoms with Crippen LogP contribution >= 0.6 is 11.3 Å². The molecule has 3 aromatic rings. The van der Waals surface area contributed by atoms with Gasteiger partial charge in [0, 0.05) is 28.7 Å². The lowest BCUT2D eigenvalue weighted by Crippen LogP contribution is -2.42. The highest BCUT2D eigenvalue weighted by molar-refractivity contribution is 7.25. The van der Waals surface area contributed by atoms with Gasteiger partial charge in [-0.3, -0.25) is 0 Å². The Hall–Kier alpha value is -1.72. The molecule has 1 aromatic carbocycles. The first-order chi connectivity index (χ1) is 12.2. The number of rotatable bonds is 4. The largest absolute Gasteiger partial charge is 0.353 e. The molecule has 1 saturated carbocycles. The number of nitrogens with zero attached hydrogens (tertiary/aromatic N) is 4. The number of hydrogen-bond donors (Lipinski definition) is 0. The monoisotopic (exact) mass is 354 g/mol. The van der Waals surface area contributed by atoms with Crippen molar-refractivity contribution in [3.63, 3.8) is 0 Å². The van der Waals surface area contributed by atoms with Crippen molar-refractivity contribution in [3.8, 4) is 0 Å². The highest BCUT2D eigenvalue weighted by atomic mass is 32.1. The van der Waals surface area contributed by atoms with E-state index in [1.165, 1.54) is 41.2 Å². The molecular formula is C20H26N4S. The van der Waals surface area contributed by atoms with Crippen LogP contribution in [0, 0.1) is 0 Å². The van der Waals surface area contributed by atoms with E-state index in [9.17, 15) is 0 Å². The molecule has 4 nitrogen and oxygen atoms in total. The first-order valence-corrected chi connectivity index (χ1v) is 10.1. The Morgan fingerprint density at radius 1 is 1.04 bits per heavy atom. The second kappa shape index (κ2) is 6.89. The molecule has 4 rings (SSSR count). The Kier molecular flexibility index (Phi) is 4.61. The van der Waals surface area contributed by atoms with Crippen LogP contribution in [0.15, 0.2) is 30.6 Å². The Morgan fingerprint density at radius 3 is 2.48 bits per heavy atom. The molecule has 5 heteroatoms. The van der Waals surface area contributed by atoms with E-state index in [1.807, 2.05) is 0 Å². The molecule has 0 aliphatic heterocycles. The van der Waals surface area contributed by atoms with Crippen molar-refractivity contribution in [1.82, 2.24) is 14.9 Å². The minimum Gasteiger partial charge on any atom is -0.353 e. The van der Waals surface area contributed by atoms with Gasteiger partial charge in [-0.15, -0.1) is 11.3 Å². The van der Waals surface area contributed by atoms with E-state index < -0.39 is 0 Å². The number of fused-ring (bicyclic) bond motifs is 3. The van der Waals surface area contributed by atoms with Crippen molar-refractivity contribution >= 4 is 37.5 Å². The van der Waals surface area contributed by atoms with Crippen molar-refractivity contribution in [2.75, 3.05) is 25.5 Å². The summed E-state index contributed by atoms with van der Waals surface area (Å²) in [5.41, 5.74) is 0. The van der Waals surface area contributed by atoms with Crippen molar-refractivity contribution < 1.29 is 0 Å². The topological polar surface area (TPSA) is 32.3 Å². The third-order valence-corrected chi connectivity index (χ3v) is 6.68. The molecule has 1 fully saturated rings. The van der Waals surface area contributed by atoms with Gasteiger partial charge in [-0.05, 0) is 52.8 Å². The first-order valence-electron chi connectivity index (χ1n) is 9.24. The molecule has 2 aromatic heterocycles. The molecule has 1 aliphatic rings. The summed E-state index contributed by atoms with van der Waals surface area (Å²) in [6.07, 6.45) is 6.76. The molecule has 0 bridgehead atoms. The molecule has 0 unspecified atom stereocenters. The van der Waals surface area contributed by atoms with E-state index in [4.69, 9.17) is 4.98 Å². The number of thiophene rings is 1. The summed E-state index contributed by atoms with van der Waals surface area (Å²) < 4.78 is 1.30. The lowest BCUT2D eigenvalue weighted by molar-refractivity contribution is 0.214. The van der Waals surface area contributed by atoms with E-state index in [-0.39, 0.29) is 0 Å². The summed E-state index contributed by atoms with van der Waals surface area (Å²) in [6.45, 7) is 3.24. The predicted octanol–water partition coefficient (Wildman–Crippen LogP) is 4.54. The normalized spacial score (nSPS) is 21.3. The molecule has 1 aliphatic carbocycles. The van der Waals surface area contributed by atoms with Crippen LogP contribution < -0.4 is 4.90 Å². The molecule has 0 spiro atoms. The van der Waals surface area contributed by atoms with Gasteiger partial charge in [0.05, 0.1) is 5.39 Å². The first kappa shape index (κ1) is 16.7. The second-order valence-corrected chi connectivity index (χ2v) is 8.22. The zero-order chi connectivity index (χ0) is 17.4. The highest BCUT2D eigenvalue weighted by Crippen LogP contribution is 2.39. The van der Waals surface area contributed by atoms with Crippen LogP contribution in [0.3, 0.4) is 0 Å². The summed E-state index contributed by atoms with van der Waals surface area (Å²) in [5, 5.41) is 2.53. The minimum absolute atomic E-state index is 0.581. The second-order valence-electron chi connectivity index (χ2n) is 7.19.